The molecule has 3 rings (SSSR count). The van der Waals surface area contributed by atoms with Crippen LogP contribution in [0.1, 0.15) is 20.3 Å². The Hall–Kier alpha value is -1.85. The smallest absolute Gasteiger partial charge is 0.378 e. The molecule has 0 unspecified atom stereocenters. The third-order valence-electron chi connectivity index (χ3n) is 4.56. The zero-order valence-electron chi connectivity index (χ0n) is 17.9. The molecule has 2 saturated heterocycles. The van der Waals surface area contributed by atoms with Gasteiger partial charge in [0.15, 0.2) is 11.6 Å². The number of rotatable bonds is 2. The van der Waals surface area contributed by atoms with Crippen LogP contribution in [0, 0.1) is 17.5 Å². The van der Waals surface area contributed by atoms with Gasteiger partial charge in [0.05, 0.1) is 19.8 Å². The molecule has 5 nitrogen and oxygen atoms in total. The summed E-state index contributed by atoms with van der Waals surface area (Å²) in [5.41, 5.74) is 5.87. The van der Waals surface area contributed by atoms with E-state index in [0.29, 0.717) is 38.2 Å². The van der Waals surface area contributed by atoms with E-state index >= 15 is 0 Å². The molecule has 0 spiro atoms. The Bertz CT molecular complexity index is 701. The molecule has 0 radical (unpaired) electrons. The Balaban J connectivity index is 0.000000365. The van der Waals surface area contributed by atoms with E-state index in [-0.39, 0.29) is 12.1 Å². The third-order valence-corrected chi connectivity index (χ3v) is 4.56. The first kappa shape index (κ1) is 27.2. The standard InChI is InChI=1S/C12H21F3N4O.C6H3F3.C2H6/c1-18-2-3-19(10-4-9(16)6-20-7-10)5-11(18)17-8-12(13,14)15;7-4-1-2-5(8)6(9)3-4;1-2/h9-10H,2-8,16H2,1H3;1-3H;1-2H3/t9-,10+;;/m0../s1. The lowest BCUT2D eigenvalue weighted by molar-refractivity contribution is -0.118. The van der Waals surface area contributed by atoms with Crippen LogP contribution in [-0.2, 0) is 4.74 Å². The van der Waals surface area contributed by atoms with E-state index in [9.17, 15) is 26.3 Å². The fourth-order valence-electron chi connectivity index (χ4n) is 3.02. The summed E-state index contributed by atoms with van der Waals surface area (Å²) >= 11 is 0. The van der Waals surface area contributed by atoms with Crippen molar-refractivity contribution in [2.75, 3.05) is 46.4 Å². The second-order valence-electron chi connectivity index (χ2n) is 6.99. The fourth-order valence-corrected chi connectivity index (χ4v) is 3.02. The summed E-state index contributed by atoms with van der Waals surface area (Å²) in [6.45, 7) is 5.91. The Morgan fingerprint density at radius 3 is 2.32 bits per heavy atom. The number of amidine groups is 1. The Morgan fingerprint density at radius 2 is 1.77 bits per heavy atom. The van der Waals surface area contributed by atoms with E-state index in [0.717, 1.165) is 25.1 Å². The third kappa shape index (κ3) is 9.88. The summed E-state index contributed by atoms with van der Waals surface area (Å²) in [6, 6.07) is 2.27. The molecule has 0 bridgehead atoms. The minimum absolute atomic E-state index is 0.00368. The van der Waals surface area contributed by atoms with Gasteiger partial charge in [-0.3, -0.25) is 9.89 Å². The van der Waals surface area contributed by atoms with Crippen LogP contribution in [0.25, 0.3) is 0 Å². The first-order chi connectivity index (χ1) is 14.5. The molecule has 2 N–H and O–H groups in total. The molecular weight excluding hydrogens is 426 g/mol. The summed E-state index contributed by atoms with van der Waals surface area (Å²) in [5, 5.41) is 0. The number of ether oxygens (including phenoxy) is 1. The van der Waals surface area contributed by atoms with Gasteiger partial charge in [0, 0.05) is 38.3 Å². The van der Waals surface area contributed by atoms with Crippen LogP contribution in [0.3, 0.4) is 0 Å². The monoisotopic (exact) mass is 456 g/mol. The summed E-state index contributed by atoms with van der Waals surface area (Å²) in [7, 11) is 1.77. The number of hydrogen-bond donors (Lipinski definition) is 1. The molecule has 0 aliphatic carbocycles. The molecule has 178 valence electrons. The minimum Gasteiger partial charge on any atom is -0.378 e. The molecule has 1 aromatic rings. The lowest BCUT2D eigenvalue weighted by atomic mass is 10.0. The topological polar surface area (TPSA) is 54.1 Å². The zero-order chi connectivity index (χ0) is 23.6. The maximum absolute atomic E-state index is 12.3. The largest absolute Gasteiger partial charge is 0.408 e. The second kappa shape index (κ2) is 12.9. The molecule has 2 aliphatic heterocycles. The highest BCUT2D eigenvalue weighted by Crippen LogP contribution is 2.18. The van der Waals surface area contributed by atoms with Gasteiger partial charge in [-0.1, -0.05) is 13.8 Å². The van der Waals surface area contributed by atoms with E-state index in [1.807, 2.05) is 13.8 Å². The van der Waals surface area contributed by atoms with Crippen molar-refractivity contribution in [3.8, 4) is 0 Å². The van der Waals surface area contributed by atoms with E-state index in [1.54, 1.807) is 11.9 Å². The summed E-state index contributed by atoms with van der Waals surface area (Å²) in [4.78, 5) is 7.61. The fraction of sp³-hybridized carbons (Fsp3) is 0.650. The lowest BCUT2D eigenvalue weighted by Crippen LogP contribution is -2.56. The first-order valence-electron chi connectivity index (χ1n) is 10.0. The summed E-state index contributed by atoms with van der Waals surface area (Å²) in [6.07, 6.45) is -3.44. The van der Waals surface area contributed by atoms with Gasteiger partial charge in [-0.15, -0.1) is 0 Å². The van der Waals surface area contributed by atoms with Crippen molar-refractivity contribution < 1.29 is 31.1 Å². The van der Waals surface area contributed by atoms with Crippen LogP contribution >= 0.6 is 0 Å². The van der Waals surface area contributed by atoms with Gasteiger partial charge >= 0.3 is 6.18 Å². The number of benzene rings is 1. The van der Waals surface area contributed by atoms with Crippen LogP contribution < -0.4 is 5.73 Å². The van der Waals surface area contributed by atoms with E-state index in [4.69, 9.17) is 10.5 Å². The van der Waals surface area contributed by atoms with Gasteiger partial charge in [0.2, 0.25) is 0 Å². The maximum Gasteiger partial charge on any atom is 0.408 e. The van der Waals surface area contributed by atoms with E-state index < -0.39 is 30.2 Å². The van der Waals surface area contributed by atoms with E-state index in [1.165, 1.54) is 0 Å². The molecule has 2 fully saturated rings. The number of nitrogens with two attached hydrogens (primary N) is 1. The molecule has 2 heterocycles. The van der Waals surface area contributed by atoms with Crippen LogP contribution in [0.15, 0.2) is 23.2 Å². The van der Waals surface area contributed by atoms with Crippen molar-refractivity contribution in [2.45, 2.75) is 38.5 Å². The molecule has 0 amide bonds. The average Bonchev–Trinajstić information content (AvgIpc) is 2.72. The van der Waals surface area contributed by atoms with Gasteiger partial charge in [-0.2, -0.15) is 13.2 Å². The number of halogens is 6. The SMILES string of the molecule is CC.CN1CCN([C@H]2COC[C@@H](N)C2)CC1=NCC(F)(F)F.Fc1ccc(F)c(F)c1. The van der Waals surface area contributed by atoms with Crippen molar-refractivity contribution in [3.05, 3.63) is 35.7 Å². The molecule has 1 aromatic carbocycles. The Kier molecular flexibility index (Phi) is 11.3. The average molecular weight is 456 g/mol. The van der Waals surface area contributed by atoms with Crippen LogP contribution in [0.4, 0.5) is 26.3 Å². The number of alkyl halides is 3. The highest BCUT2D eigenvalue weighted by molar-refractivity contribution is 5.84. The van der Waals surface area contributed by atoms with Crippen molar-refractivity contribution in [3.63, 3.8) is 0 Å². The zero-order valence-corrected chi connectivity index (χ0v) is 17.9. The van der Waals surface area contributed by atoms with Crippen molar-refractivity contribution in [1.29, 1.82) is 0 Å². The summed E-state index contributed by atoms with van der Waals surface area (Å²) < 4.78 is 78.1. The lowest BCUT2D eigenvalue weighted by Gasteiger charge is -2.41. The summed E-state index contributed by atoms with van der Waals surface area (Å²) in [5.74, 6) is -2.48. The molecular formula is C20H30F6N4O. The molecule has 11 heteroatoms. The van der Waals surface area contributed by atoms with Crippen LogP contribution in [0.2, 0.25) is 0 Å². The highest BCUT2D eigenvalue weighted by Gasteiger charge is 2.31. The number of aliphatic imine (C=N–C) groups is 1. The van der Waals surface area contributed by atoms with Gasteiger partial charge < -0.3 is 15.4 Å². The second-order valence-corrected chi connectivity index (χ2v) is 6.99. The minimum atomic E-state index is -4.26. The van der Waals surface area contributed by atoms with Crippen LogP contribution in [0.5, 0.6) is 0 Å². The van der Waals surface area contributed by atoms with Gasteiger partial charge in [-0.25, -0.2) is 13.2 Å². The Morgan fingerprint density at radius 1 is 1.10 bits per heavy atom. The molecule has 2 atom stereocenters. The van der Waals surface area contributed by atoms with Crippen molar-refractivity contribution in [2.24, 2.45) is 10.7 Å². The normalized spacial score (nSPS) is 23.5. The van der Waals surface area contributed by atoms with Crippen molar-refractivity contribution in [1.82, 2.24) is 9.80 Å². The van der Waals surface area contributed by atoms with E-state index in [2.05, 4.69) is 9.89 Å². The number of nitrogens with zero attached hydrogens (tertiary/aromatic N) is 3. The highest BCUT2D eigenvalue weighted by atomic mass is 19.4. The number of likely N-dealkylation sites (N-methyl/N-ethyl adjacent to an activating group) is 1. The van der Waals surface area contributed by atoms with Crippen LogP contribution in [-0.4, -0.2) is 80.3 Å². The molecule has 0 saturated carbocycles. The van der Waals surface area contributed by atoms with Crippen molar-refractivity contribution >= 4 is 5.84 Å². The molecule has 31 heavy (non-hydrogen) atoms. The molecule has 2 aliphatic rings. The maximum atomic E-state index is 12.3. The predicted molar refractivity (Wildman–Crippen MR) is 107 cm³/mol. The number of hydrogen-bond acceptors (Lipinski definition) is 4. The molecule has 0 aromatic heterocycles. The Labute approximate surface area is 178 Å². The first-order valence-corrected chi connectivity index (χ1v) is 10.0. The predicted octanol–water partition coefficient (Wildman–Crippen LogP) is 3.44. The van der Waals surface area contributed by atoms with Gasteiger partial charge in [-0.05, 0) is 18.6 Å². The van der Waals surface area contributed by atoms with Gasteiger partial charge in [0.1, 0.15) is 18.2 Å². The number of piperazine rings is 1. The quantitative estimate of drug-likeness (QED) is 0.547. The van der Waals surface area contributed by atoms with Gasteiger partial charge in [0.25, 0.3) is 0 Å².